The Morgan fingerprint density at radius 1 is 1.38 bits per heavy atom. The van der Waals surface area contributed by atoms with Crippen molar-refractivity contribution in [2.75, 3.05) is 0 Å². The first-order valence-electron chi connectivity index (χ1n) is 3.97. The van der Waals surface area contributed by atoms with Gasteiger partial charge in [0, 0.05) is 5.56 Å². The van der Waals surface area contributed by atoms with Gasteiger partial charge in [-0.25, -0.2) is 4.39 Å². The second-order valence-corrected chi connectivity index (χ2v) is 3.02. The Kier molecular flexibility index (Phi) is 3.62. The molecule has 1 N–H and O–H groups in total. The second-order valence-electron chi connectivity index (χ2n) is 2.84. The van der Waals surface area contributed by atoms with Crippen molar-refractivity contribution in [3.05, 3.63) is 23.3 Å². The Labute approximate surface area is 93.2 Å². The fourth-order valence-corrected chi connectivity index (χ4v) is 1.26. The van der Waals surface area contributed by atoms with Crippen molar-refractivity contribution < 1.29 is 22.7 Å². The zero-order valence-electron chi connectivity index (χ0n) is 7.68. The molecular formula is C9H5F4NOS. The lowest BCUT2D eigenvalue weighted by atomic mass is 10.1. The van der Waals surface area contributed by atoms with Gasteiger partial charge >= 0.3 is 6.18 Å². The van der Waals surface area contributed by atoms with Gasteiger partial charge in [0.25, 0.3) is 0 Å². The van der Waals surface area contributed by atoms with E-state index in [1.165, 1.54) is 0 Å². The number of benzene rings is 1. The van der Waals surface area contributed by atoms with Crippen LogP contribution in [-0.4, -0.2) is 10.3 Å². The monoisotopic (exact) mass is 251 g/mol. The smallest absolute Gasteiger partial charge is 0.418 e. The van der Waals surface area contributed by atoms with Crippen LogP contribution in [0.15, 0.2) is 17.1 Å². The molecule has 0 radical (unpaired) electrons. The minimum atomic E-state index is -4.74. The number of phenols is 1. The third kappa shape index (κ3) is 2.56. The van der Waals surface area contributed by atoms with E-state index in [1.54, 1.807) is 5.16 Å². The van der Waals surface area contributed by atoms with E-state index in [1.807, 2.05) is 0 Å². The van der Waals surface area contributed by atoms with Gasteiger partial charge in [0.05, 0.1) is 16.4 Å². The van der Waals surface area contributed by atoms with Crippen LogP contribution in [0, 0.1) is 0 Å². The number of isothiocyanates is 1. The first-order valence-corrected chi connectivity index (χ1v) is 4.38. The van der Waals surface area contributed by atoms with E-state index in [0.717, 1.165) is 6.07 Å². The lowest BCUT2D eigenvalue weighted by molar-refractivity contribution is -0.137. The number of hydrogen-bond donors (Lipinski definition) is 1. The van der Waals surface area contributed by atoms with Crippen LogP contribution in [-0.2, 0) is 12.9 Å². The highest BCUT2D eigenvalue weighted by molar-refractivity contribution is 7.78. The highest BCUT2D eigenvalue weighted by atomic mass is 32.1. The maximum Gasteiger partial charge on any atom is 0.418 e. The summed E-state index contributed by atoms with van der Waals surface area (Å²) < 4.78 is 50.0. The molecule has 0 fully saturated rings. The quantitative estimate of drug-likeness (QED) is 0.494. The van der Waals surface area contributed by atoms with Gasteiger partial charge in [-0.05, 0) is 24.4 Å². The van der Waals surface area contributed by atoms with E-state index in [2.05, 4.69) is 17.2 Å². The maximum atomic E-state index is 12.5. The van der Waals surface area contributed by atoms with Crippen LogP contribution in [0.25, 0.3) is 0 Å². The van der Waals surface area contributed by atoms with Gasteiger partial charge in [0.2, 0.25) is 0 Å². The molecule has 0 spiro atoms. The Morgan fingerprint density at radius 3 is 2.44 bits per heavy atom. The summed E-state index contributed by atoms with van der Waals surface area (Å²) >= 11 is 4.19. The fourth-order valence-electron chi connectivity index (χ4n) is 1.17. The first-order chi connectivity index (χ1) is 7.40. The van der Waals surface area contributed by atoms with E-state index >= 15 is 0 Å². The van der Waals surface area contributed by atoms with Crippen molar-refractivity contribution in [2.45, 2.75) is 12.9 Å². The molecule has 0 aromatic heterocycles. The third-order valence-corrected chi connectivity index (χ3v) is 1.87. The molecule has 1 aromatic rings. The molecule has 0 unspecified atom stereocenters. The Hall–Kier alpha value is -1.46. The number of hydrogen-bond acceptors (Lipinski definition) is 3. The highest BCUT2D eigenvalue weighted by Crippen LogP contribution is 2.40. The van der Waals surface area contributed by atoms with Gasteiger partial charge < -0.3 is 5.11 Å². The maximum absolute atomic E-state index is 12.5. The SMILES string of the molecule is Oc1cc(CF)c(N=C=S)c(C(F)(F)F)c1. The molecule has 16 heavy (non-hydrogen) atoms. The number of alkyl halides is 4. The van der Waals surface area contributed by atoms with Crippen LogP contribution >= 0.6 is 12.2 Å². The van der Waals surface area contributed by atoms with Crippen LogP contribution in [0.2, 0.25) is 0 Å². The number of phenolic OH excluding ortho intramolecular Hbond substituents is 1. The largest absolute Gasteiger partial charge is 0.508 e. The Bertz CT molecular complexity index is 452. The summed E-state index contributed by atoms with van der Waals surface area (Å²) in [5.41, 5.74) is -2.27. The number of thiocarbonyl (C=S) groups is 1. The second kappa shape index (κ2) is 4.59. The molecule has 0 aliphatic carbocycles. The molecule has 0 saturated carbocycles. The molecule has 0 aliphatic heterocycles. The molecule has 0 bridgehead atoms. The molecule has 0 atom stereocenters. The zero-order valence-corrected chi connectivity index (χ0v) is 8.49. The summed E-state index contributed by atoms with van der Waals surface area (Å²) in [5.74, 6) is -0.678. The molecule has 86 valence electrons. The predicted molar refractivity (Wildman–Crippen MR) is 52.6 cm³/mol. The molecule has 7 heteroatoms. The molecule has 2 nitrogen and oxygen atoms in total. The lowest BCUT2D eigenvalue weighted by Gasteiger charge is -2.12. The Morgan fingerprint density at radius 2 is 2.00 bits per heavy atom. The summed E-state index contributed by atoms with van der Waals surface area (Å²) in [6.45, 7) is -1.19. The summed E-state index contributed by atoms with van der Waals surface area (Å²) in [7, 11) is 0. The molecule has 1 aromatic carbocycles. The minimum absolute atomic E-state index is 0.385. The van der Waals surface area contributed by atoms with E-state index in [-0.39, 0.29) is 5.56 Å². The minimum Gasteiger partial charge on any atom is -0.508 e. The normalized spacial score (nSPS) is 11.0. The number of halogens is 4. The van der Waals surface area contributed by atoms with Crippen molar-refractivity contribution in [1.82, 2.24) is 0 Å². The molecular weight excluding hydrogens is 246 g/mol. The molecule has 0 heterocycles. The Balaban J connectivity index is 3.57. The van der Waals surface area contributed by atoms with E-state index in [0.29, 0.717) is 6.07 Å². The summed E-state index contributed by atoms with van der Waals surface area (Å²) in [6, 6.07) is 1.32. The van der Waals surface area contributed by atoms with E-state index in [9.17, 15) is 17.6 Å². The van der Waals surface area contributed by atoms with Crippen LogP contribution in [0.3, 0.4) is 0 Å². The van der Waals surface area contributed by atoms with Crippen molar-refractivity contribution in [2.24, 2.45) is 4.99 Å². The fraction of sp³-hybridized carbons (Fsp3) is 0.222. The number of aliphatic imine (C=N–C) groups is 1. The first kappa shape index (κ1) is 12.6. The highest BCUT2D eigenvalue weighted by Gasteiger charge is 2.35. The van der Waals surface area contributed by atoms with E-state index in [4.69, 9.17) is 5.11 Å². The van der Waals surface area contributed by atoms with E-state index < -0.39 is 29.9 Å². The van der Waals surface area contributed by atoms with Crippen molar-refractivity contribution in [3.63, 3.8) is 0 Å². The predicted octanol–water partition coefficient (Wildman–Crippen LogP) is 3.61. The summed E-state index contributed by atoms with van der Waals surface area (Å²) in [6.07, 6.45) is -4.74. The van der Waals surface area contributed by atoms with Gasteiger partial charge in [-0.3, -0.25) is 0 Å². The molecule has 0 amide bonds. The van der Waals surface area contributed by atoms with Crippen LogP contribution in [0.4, 0.5) is 23.2 Å². The summed E-state index contributed by atoms with van der Waals surface area (Å²) in [5, 5.41) is 10.8. The van der Waals surface area contributed by atoms with Gasteiger partial charge in [-0.15, -0.1) is 0 Å². The van der Waals surface area contributed by atoms with Crippen molar-refractivity contribution in [3.8, 4) is 5.75 Å². The van der Waals surface area contributed by atoms with Crippen molar-refractivity contribution in [1.29, 1.82) is 0 Å². The van der Waals surface area contributed by atoms with Crippen LogP contribution in [0.1, 0.15) is 11.1 Å². The zero-order chi connectivity index (χ0) is 12.3. The lowest BCUT2D eigenvalue weighted by Crippen LogP contribution is -2.06. The average molecular weight is 251 g/mol. The topological polar surface area (TPSA) is 32.6 Å². The molecule has 0 aliphatic rings. The van der Waals surface area contributed by atoms with Crippen LogP contribution < -0.4 is 0 Å². The van der Waals surface area contributed by atoms with Gasteiger partial charge in [0.15, 0.2) is 0 Å². The van der Waals surface area contributed by atoms with Gasteiger partial charge in [-0.2, -0.15) is 18.2 Å². The third-order valence-electron chi connectivity index (χ3n) is 1.78. The molecule has 1 rings (SSSR count). The van der Waals surface area contributed by atoms with Gasteiger partial charge in [0.1, 0.15) is 12.4 Å². The number of nitrogens with zero attached hydrogens (tertiary/aromatic N) is 1. The number of aromatic hydroxyl groups is 1. The average Bonchev–Trinajstić information content (AvgIpc) is 2.18. The van der Waals surface area contributed by atoms with Gasteiger partial charge in [-0.1, -0.05) is 0 Å². The molecule has 0 saturated heterocycles. The number of rotatable bonds is 2. The standard InChI is InChI=1S/C9H5F4NOS/c10-3-5-1-6(15)2-7(9(11,12)13)8(5)14-4-16/h1-2,15H,3H2. The van der Waals surface area contributed by atoms with Crippen LogP contribution in [0.5, 0.6) is 5.75 Å². The van der Waals surface area contributed by atoms with Crippen molar-refractivity contribution >= 4 is 23.1 Å². The summed E-state index contributed by atoms with van der Waals surface area (Å²) in [4.78, 5) is 3.18.